The van der Waals surface area contributed by atoms with Crippen LogP contribution < -0.4 is 4.72 Å². The van der Waals surface area contributed by atoms with Gasteiger partial charge < -0.3 is 4.74 Å². The fourth-order valence-electron chi connectivity index (χ4n) is 0.888. The molecule has 0 fully saturated rings. The predicted octanol–water partition coefficient (Wildman–Crippen LogP) is 0.939. The van der Waals surface area contributed by atoms with Gasteiger partial charge in [-0.1, -0.05) is 15.9 Å². The monoisotopic (exact) mass is 338 g/mol. The number of carbonyl (C=O) groups excluding carboxylic acids is 1. The van der Waals surface area contributed by atoms with Crippen LogP contribution >= 0.6 is 15.9 Å². The molecule has 0 aromatic heterocycles. The first kappa shape index (κ1) is 16.5. The zero-order chi connectivity index (χ0) is 13.5. The number of alkyl halides is 3. The van der Waals surface area contributed by atoms with Crippen molar-refractivity contribution in [3.63, 3.8) is 0 Å². The van der Waals surface area contributed by atoms with E-state index in [1.165, 1.54) is 11.6 Å². The van der Waals surface area contributed by atoms with Crippen LogP contribution in [0.5, 0.6) is 0 Å². The van der Waals surface area contributed by atoms with Crippen molar-refractivity contribution >= 4 is 32.2 Å². The lowest BCUT2D eigenvalue weighted by Crippen LogP contribution is -2.46. The maximum absolute atomic E-state index is 12.2. The molecule has 10 heteroatoms. The van der Waals surface area contributed by atoms with Gasteiger partial charge in [0.15, 0.2) is 0 Å². The molecule has 1 amide bonds. The van der Waals surface area contributed by atoms with Gasteiger partial charge in [0.05, 0.1) is 13.2 Å². The van der Waals surface area contributed by atoms with Gasteiger partial charge in [0.2, 0.25) is 0 Å². The van der Waals surface area contributed by atoms with Crippen molar-refractivity contribution in [2.45, 2.75) is 13.3 Å². The Balaban J connectivity index is 4.65. The molecule has 0 atom stereocenters. The summed E-state index contributed by atoms with van der Waals surface area (Å²) in [5.41, 5.74) is 0. The van der Waals surface area contributed by atoms with Gasteiger partial charge in [-0.25, -0.2) is 18.3 Å². The molecule has 0 radical (unpaired) electrons. The van der Waals surface area contributed by atoms with Crippen LogP contribution in [0.25, 0.3) is 0 Å². The second kappa shape index (κ2) is 7.77. The van der Waals surface area contributed by atoms with Crippen LogP contribution in [0.4, 0.5) is 13.6 Å². The lowest BCUT2D eigenvalue weighted by molar-refractivity contribution is 0.120. The Bertz CT molecular complexity index is 339. The molecule has 0 spiro atoms. The quantitative estimate of drug-likeness (QED) is 0.701. The smallest absolute Gasteiger partial charge is 0.421 e. The first-order valence-electron chi connectivity index (χ1n) is 4.62. The van der Waals surface area contributed by atoms with Crippen LogP contribution in [0.15, 0.2) is 0 Å². The summed E-state index contributed by atoms with van der Waals surface area (Å²) in [5, 5.41) is 0.170. The standard InChI is InChI=1S/C7H13BrF2N2O4S/c1-2-16-7(13)11-17(14,15)12(4-3-8)5-6(9)10/h6H,2-5H2,1H3,(H,11,13). The Morgan fingerprint density at radius 1 is 1.53 bits per heavy atom. The number of hydrogen-bond acceptors (Lipinski definition) is 4. The second-order valence-corrected chi connectivity index (χ2v) is 5.23. The molecule has 0 unspecified atom stereocenters. The fourth-order valence-corrected chi connectivity index (χ4v) is 2.59. The number of ether oxygens (including phenoxy) is 1. The zero-order valence-electron chi connectivity index (χ0n) is 9.03. The SMILES string of the molecule is CCOC(=O)NS(=O)(=O)N(CCBr)CC(F)F. The van der Waals surface area contributed by atoms with E-state index in [9.17, 15) is 22.0 Å². The highest BCUT2D eigenvalue weighted by molar-refractivity contribution is 9.09. The van der Waals surface area contributed by atoms with E-state index in [1.807, 2.05) is 0 Å². The van der Waals surface area contributed by atoms with Crippen LogP contribution in [0.2, 0.25) is 0 Å². The average Bonchev–Trinajstić information content (AvgIpc) is 2.15. The zero-order valence-corrected chi connectivity index (χ0v) is 11.4. The summed E-state index contributed by atoms with van der Waals surface area (Å²) in [5.74, 6) is 0. The van der Waals surface area contributed by atoms with Gasteiger partial charge in [0.25, 0.3) is 6.43 Å². The minimum absolute atomic E-state index is 0.0192. The van der Waals surface area contributed by atoms with Crippen molar-refractivity contribution in [1.29, 1.82) is 0 Å². The molecule has 1 N–H and O–H groups in total. The Kier molecular flexibility index (Phi) is 7.55. The van der Waals surface area contributed by atoms with Crippen LogP contribution in [0.3, 0.4) is 0 Å². The first-order valence-corrected chi connectivity index (χ1v) is 7.18. The summed E-state index contributed by atoms with van der Waals surface area (Å²) in [6.45, 7) is 0.301. The number of nitrogens with zero attached hydrogens (tertiary/aromatic N) is 1. The van der Waals surface area contributed by atoms with Crippen molar-refractivity contribution in [2.24, 2.45) is 0 Å². The van der Waals surface area contributed by atoms with E-state index in [0.29, 0.717) is 4.31 Å². The number of hydrogen-bond donors (Lipinski definition) is 1. The van der Waals surface area contributed by atoms with Gasteiger partial charge in [-0.15, -0.1) is 0 Å². The molecule has 0 saturated heterocycles. The highest BCUT2D eigenvalue weighted by Gasteiger charge is 2.26. The summed E-state index contributed by atoms with van der Waals surface area (Å²) in [4.78, 5) is 10.9. The van der Waals surface area contributed by atoms with E-state index in [1.54, 1.807) is 0 Å². The number of carbonyl (C=O) groups is 1. The lowest BCUT2D eigenvalue weighted by Gasteiger charge is -2.20. The number of rotatable bonds is 7. The molecule has 6 nitrogen and oxygen atoms in total. The van der Waals surface area contributed by atoms with Gasteiger partial charge >= 0.3 is 16.3 Å². The number of amides is 1. The minimum atomic E-state index is -4.30. The van der Waals surface area contributed by atoms with E-state index >= 15 is 0 Å². The Morgan fingerprint density at radius 3 is 2.53 bits per heavy atom. The molecule has 0 rings (SSSR count). The Labute approximate surface area is 107 Å². The Morgan fingerprint density at radius 2 is 2.12 bits per heavy atom. The highest BCUT2D eigenvalue weighted by atomic mass is 79.9. The van der Waals surface area contributed by atoms with E-state index in [2.05, 4.69) is 20.7 Å². The molecule has 0 saturated carbocycles. The van der Waals surface area contributed by atoms with Crippen LogP contribution in [0.1, 0.15) is 6.92 Å². The number of halogens is 3. The Hall–Kier alpha value is -0.480. The van der Waals surface area contributed by atoms with Crippen molar-refractivity contribution < 1.29 is 26.7 Å². The molecule has 0 bridgehead atoms. The van der Waals surface area contributed by atoms with E-state index in [0.717, 1.165) is 0 Å². The van der Waals surface area contributed by atoms with Gasteiger partial charge in [-0.2, -0.15) is 12.7 Å². The lowest BCUT2D eigenvalue weighted by atomic mass is 10.6. The summed E-state index contributed by atoms with van der Waals surface area (Å²) in [6.07, 6.45) is -4.02. The second-order valence-electron chi connectivity index (χ2n) is 2.77. The van der Waals surface area contributed by atoms with Crippen LogP contribution in [0, 0.1) is 0 Å². The largest absolute Gasteiger partial charge is 0.449 e. The van der Waals surface area contributed by atoms with Crippen molar-refractivity contribution in [1.82, 2.24) is 9.03 Å². The van der Waals surface area contributed by atoms with Gasteiger partial charge in [0, 0.05) is 11.9 Å². The normalized spacial score (nSPS) is 11.9. The number of nitrogens with one attached hydrogen (secondary N) is 1. The van der Waals surface area contributed by atoms with E-state index < -0.39 is 29.3 Å². The molecular formula is C7H13BrF2N2O4S. The van der Waals surface area contributed by atoms with Crippen molar-refractivity contribution in [2.75, 3.05) is 25.0 Å². The minimum Gasteiger partial charge on any atom is -0.449 e. The molecule has 102 valence electrons. The molecule has 0 heterocycles. The maximum atomic E-state index is 12.2. The van der Waals surface area contributed by atoms with Crippen molar-refractivity contribution in [3.8, 4) is 0 Å². The van der Waals surface area contributed by atoms with Crippen LogP contribution in [-0.4, -0.2) is 50.3 Å². The highest BCUT2D eigenvalue weighted by Crippen LogP contribution is 2.05. The molecule has 0 aromatic rings. The topological polar surface area (TPSA) is 75.7 Å². The summed E-state index contributed by atoms with van der Waals surface area (Å²) in [7, 11) is -4.30. The van der Waals surface area contributed by atoms with Crippen molar-refractivity contribution in [3.05, 3.63) is 0 Å². The summed E-state index contributed by atoms with van der Waals surface area (Å²) < 4.78 is 53.7. The summed E-state index contributed by atoms with van der Waals surface area (Å²) in [6, 6.07) is 0. The first-order chi connectivity index (χ1) is 7.83. The summed E-state index contributed by atoms with van der Waals surface area (Å²) >= 11 is 2.93. The third-order valence-electron chi connectivity index (χ3n) is 1.50. The average molecular weight is 339 g/mol. The molecule has 0 aliphatic heterocycles. The molecule has 0 aromatic carbocycles. The van der Waals surface area contributed by atoms with Crippen LogP contribution in [-0.2, 0) is 14.9 Å². The van der Waals surface area contributed by atoms with Gasteiger partial charge in [0.1, 0.15) is 0 Å². The van der Waals surface area contributed by atoms with E-state index in [4.69, 9.17) is 0 Å². The predicted molar refractivity (Wildman–Crippen MR) is 60.4 cm³/mol. The maximum Gasteiger partial charge on any atom is 0.421 e. The molecule has 0 aliphatic rings. The third kappa shape index (κ3) is 6.74. The van der Waals surface area contributed by atoms with Gasteiger partial charge in [-0.05, 0) is 6.92 Å². The molecule has 0 aliphatic carbocycles. The third-order valence-corrected chi connectivity index (χ3v) is 3.29. The molecular weight excluding hydrogens is 326 g/mol. The fraction of sp³-hybridized carbons (Fsp3) is 0.857. The van der Waals surface area contributed by atoms with E-state index in [-0.39, 0.29) is 18.5 Å². The van der Waals surface area contributed by atoms with Gasteiger partial charge in [-0.3, -0.25) is 0 Å². The molecule has 17 heavy (non-hydrogen) atoms.